The molecule has 1 heterocycles. The average molecular weight is 297 g/mol. The summed E-state index contributed by atoms with van der Waals surface area (Å²) in [5, 5.41) is 9.07. The van der Waals surface area contributed by atoms with Crippen molar-refractivity contribution >= 4 is 17.7 Å². The van der Waals surface area contributed by atoms with Gasteiger partial charge in [-0.25, -0.2) is 14.0 Å². The Bertz CT molecular complexity index is 581. The zero-order valence-corrected chi connectivity index (χ0v) is 11.9. The molecule has 1 aromatic carbocycles. The van der Waals surface area contributed by atoms with Crippen LogP contribution in [0.2, 0.25) is 0 Å². The number of rotatable bonds is 1. The Balaban J connectivity index is 2.37. The highest BCUT2D eigenvalue weighted by atomic mass is 19.1. The molecule has 21 heavy (non-hydrogen) atoms. The molecule has 0 radical (unpaired) electrons. The molecule has 1 aliphatic heterocycles. The Kier molecular flexibility index (Phi) is 3.76. The van der Waals surface area contributed by atoms with E-state index in [0.29, 0.717) is 0 Å². The van der Waals surface area contributed by atoms with Crippen LogP contribution < -0.4 is 9.64 Å². The molecule has 0 aromatic heterocycles. The van der Waals surface area contributed by atoms with Gasteiger partial charge in [0, 0.05) is 6.07 Å². The molecule has 0 saturated carbocycles. The molecule has 0 bridgehead atoms. The molecule has 114 valence electrons. The lowest BCUT2D eigenvalue weighted by Crippen LogP contribution is -2.48. The van der Waals surface area contributed by atoms with Gasteiger partial charge < -0.3 is 14.6 Å². The Morgan fingerprint density at radius 1 is 1.43 bits per heavy atom. The van der Waals surface area contributed by atoms with E-state index in [0.717, 1.165) is 17.0 Å². The monoisotopic (exact) mass is 297 g/mol. The fraction of sp³-hybridized carbons (Fsp3) is 0.429. The van der Waals surface area contributed by atoms with E-state index in [9.17, 15) is 14.0 Å². The topological polar surface area (TPSA) is 76.1 Å². The van der Waals surface area contributed by atoms with Crippen LogP contribution in [0.25, 0.3) is 0 Å². The summed E-state index contributed by atoms with van der Waals surface area (Å²) in [6.45, 7) is 4.81. The van der Waals surface area contributed by atoms with Crippen LogP contribution in [-0.4, -0.2) is 35.4 Å². The molecule has 1 unspecified atom stereocenters. The van der Waals surface area contributed by atoms with Crippen LogP contribution in [0.5, 0.6) is 5.75 Å². The first-order valence-electron chi connectivity index (χ1n) is 6.37. The number of carboxylic acid groups (broad SMARTS) is 1. The zero-order chi connectivity index (χ0) is 15.8. The van der Waals surface area contributed by atoms with Crippen LogP contribution in [0.3, 0.4) is 0 Å². The summed E-state index contributed by atoms with van der Waals surface area (Å²) in [6, 6.07) is 3.53. The third-order valence-corrected chi connectivity index (χ3v) is 2.72. The Hall–Kier alpha value is -2.31. The van der Waals surface area contributed by atoms with E-state index in [1.165, 1.54) is 6.07 Å². The smallest absolute Gasteiger partial charge is 0.415 e. The summed E-state index contributed by atoms with van der Waals surface area (Å²) < 4.78 is 23.8. The summed E-state index contributed by atoms with van der Waals surface area (Å²) in [5.74, 6) is -1.64. The lowest BCUT2D eigenvalue weighted by Gasteiger charge is -2.34. The van der Waals surface area contributed by atoms with Gasteiger partial charge >= 0.3 is 12.1 Å². The van der Waals surface area contributed by atoms with Crippen molar-refractivity contribution in [2.75, 3.05) is 11.4 Å². The third-order valence-electron chi connectivity index (χ3n) is 2.72. The van der Waals surface area contributed by atoms with E-state index in [1.54, 1.807) is 20.8 Å². The number of ether oxygens (including phenoxy) is 2. The number of hydrogen-bond acceptors (Lipinski definition) is 4. The lowest BCUT2D eigenvalue weighted by molar-refractivity contribution is -0.144. The predicted octanol–water partition coefficient (Wildman–Crippen LogP) is 2.41. The van der Waals surface area contributed by atoms with Gasteiger partial charge in [0.25, 0.3) is 0 Å². The van der Waals surface area contributed by atoms with Crippen molar-refractivity contribution in [2.45, 2.75) is 32.5 Å². The van der Waals surface area contributed by atoms with Crippen molar-refractivity contribution in [1.29, 1.82) is 0 Å². The molecular weight excluding hydrogens is 281 g/mol. The lowest BCUT2D eigenvalue weighted by atomic mass is 10.2. The Morgan fingerprint density at radius 2 is 2.10 bits per heavy atom. The fourth-order valence-electron chi connectivity index (χ4n) is 1.87. The normalized spacial score (nSPS) is 17.7. The number of amides is 1. The Morgan fingerprint density at radius 3 is 2.67 bits per heavy atom. The second kappa shape index (κ2) is 5.23. The minimum atomic E-state index is -1.23. The fourth-order valence-corrected chi connectivity index (χ4v) is 1.87. The molecule has 0 spiro atoms. The van der Waals surface area contributed by atoms with Gasteiger partial charge in [-0.05, 0) is 32.9 Å². The maximum Gasteiger partial charge on any atom is 0.415 e. The molecule has 1 N–H and O–H groups in total. The highest BCUT2D eigenvalue weighted by Gasteiger charge is 2.36. The van der Waals surface area contributed by atoms with E-state index < -0.39 is 29.6 Å². The molecule has 7 heteroatoms. The molecule has 0 fully saturated rings. The number of nitrogens with zero attached hydrogens (tertiary/aromatic N) is 1. The maximum absolute atomic E-state index is 13.4. The number of hydrogen-bond donors (Lipinski definition) is 1. The number of carbonyl (C=O) groups is 2. The van der Waals surface area contributed by atoms with Crippen molar-refractivity contribution in [2.24, 2.45) is 0 Å². The molecule has 1 atom stereocenters. The van der Waals surface area contributed by atoms with Crippen molar-refractivity contribution in [3.05, 3.63) is 24.0 Å². The minimum Gasteiger partial charge on any atom is -0.478 e. The van der Waals surface area contributed by atoms with Crippen LogP contribution >= 0.6 is 0 Å². The van der Waals surface area contributed by atoms with E-state index in [4.69, 9.17) is 14.6 Å². The van der Waals surface area contributed by atoms with Crippen LogP contribution in [0.15, 0.2) is 18.2 Å². The van der Waals surface area contributed by atoms with Crippen molar-refractivity contribution in [1.82, 2.24) is 0 Å². The molecule has 1 amide bonds. The van der Waals surface area contributed by atoms with Gasteiger partial charge in [-0.2, -0.15) is 0 Å². The number of carbonyl (C=O) groups excluding carboxylic acids is 1. The standard InChI is InChI=1S/C14H16FNO5/c1-14(2,3)21-13(19)16-7-11(12(17)18)20-10-5-4-8(15)6-9(10)16/h4-6,11H,7H2,1-3H3,(H,17,18). The minimum absolute atomic E-state index is 0.126. The molecule has 0 aliphatic carbocycles. The van der Waals surface area contributed by atoms with E-state index in [1.807, 2.05) is 0 Å². The summed E-state index contributed by atoms with van der Waals surface area (Å²) in [4.78, 5) is 24.4. The average Bonchev–Trinajstić information content (AvgIpc) is 2.35. The number of aliphatic carboxylic acids is 1. The Labute approximate surface area is 121 Å². The van der Waals surface area contributed by atoms with Gasteiger partial charge in [0.2, 0.25) is 6.10 Å². The summed E-state index contributed by atoms with van der Waals surface area (Å²) in [5.41, 5.74) is -0.594. The van der Waals surface area contributed by atoms with Crippen molar-refractivity contribution in [3.8, 4) is 5.75 Å². The maximum atomic E-state index is 13.4. The number of fused-ring (bicyclic) bond motifs is 1. The second-order valence-electron chi connectivity index (χ2n) is 5.65. The molecule has 2 rings (SSSR count). The van der Waals surface area contributed by atoms with E-state index in [-0.39, 0.29) is 18.0 Å². The van der Waals surface area contributed by atoms with Gasteiger partial charge in [0.15, 0.2) is 0 Å². The quantitative estimate of drug-likeness (QED) is 0.861. The summed E-state index contributed by atoms with van der Waals surface area (Å²) in [7, 11) is 0. The van der Waals surface area contributed by atoms with Crippen LogP contribution in [-0.2, 0) is 9.53 Å². The van der Waals surface area contributed by atoms with Gasteiger partial charge in [-0.15, -0.1) is 0 Å². The summed E-state index contributed by atoms with van der Waals surface area (Å²) in [6.07, 6.45) is -1.97. The van der Waals surface area contributed by atoms with Gasteiger partial charge in [-0.1, -0.05) is 0 Å². The van der Waals surface area contributed by atoms with E-state index >= 15 is 0 Å². The van der Waals surface area contributed by atoms with E-state index in [2.05, 4.69) is 0 Å². The molecule has 1 aromatic rings. The molecule has 6 nitrogen and oxygen atoms in total. The first kappa shape index (κ1) is 15.1. The highest BCUT2D eigenvalue weighted by Crippen LogP contribution is 2.35. The van der Waals surface area contributed by atoms with Crippen LogP contribution in [0, 0.1) is 5.82 Å². The van der Waals surface area contributed by atoms with Gasteiger partial charge in [-0.3, -0.25) is 4.90 Å². The van der Waals surface area contributed by atoms with Crippen LogP contribution in [0.1, 0.15) is 20.8 Å². The molecular formula is C14H16FNO5. The number of carboxylic acids is 1. The number of halogens is 1. The largest absolute Gasteiger partial charge is 0.478 e. The predicted molar refractivity (Wildman–Crippen MR) is 72.0 cm³/mol. The first-order chi connectivity index (χ1) is 9.67. The molecule has 0 saturated heterocycles. The summed E-state index contributed by atoms with van der Waals surface area (Å²) >= 11 is 0. The van der Waals surface area contributed by atoms with Gasteiger partial charge in [0.05, 0.1) is 12.2 Å². The SMILES string of the molecule is CC(C)(C)OC(=O)N1CC(C(=O)O)Oc2ccc(F)cc21. The molecule has 1 aliphatic rings. The van der Waals surface area contributed by atoms with Crippen molar-refractivity contribution < 1.29 is 28.6 Å². The van der Waals surface area contributed by atoms with Crippen molar-refractivity contribution in [3.63, 3.8) is 0 Å². The highest BCUT2D eigenvalue weighted by molar-refractivity contribution is 5.92. The second-order valence-corrected chi connectivity index (χ2v) is 5.65. The third kappa shape index (κ3) is 3.42. The van der Waals surface area contributed by atoms with Gasteiger partial charge in [0.1, 0.15) is 17.2 Å². The number of anilines is 1. The first-order valence-corrected chi connectivity index (χ1v) is 6.37. The van der Waals surface area contributed by atoms with Crippen LogP contribution in [0.4, 0.5) is 14.9 Å². The number of benzene rings is 1. The zero-order valence-electron chi connectivity index (χ0n) is 11.9.